The van der Waals surface area contributed by atoms with Crippen LogP contribution in [0.1, 0.15) is 23.6 Å². The Hall–Kier alpha value is -2.35. The summed E-state index contributed by atoms with van der Waals surface area (Å²) in [7, 11) is 0. The first-order valence-electron chi connectivity index (χ1n) is 7.27. The first-order chi connectivity index (χ1) is 11.1. The molecule has 0 bridgehead atoms. The maximum atomic E-state index is 12.7. The fraction of sp³-hybridized carbons (Fsp3) is 0.375. The van der Waals surface area contributed by atoms with Crippen molar-refractivity contribution in [3.05, 3.63) is 34.9 Å². The van der Waals surface area contributed by atoms with Gasteiger partial charge in [-0.15, -0.1) is 10.2 Å². The van der Waals surface area contributed by atoms with E-state index in [0.29, 0.717) is 29.7 Å². The van der Waals surface area contributed by atoms with Gasteiger partial charge < -0.3 is 15.5 Å². The number of aliphatic hydroxyl groups excluding tert-OH is 1. The highest BCUT2D eigenvalue weighted by Crippen LogP contribution is 2.37. The molecule has 3 N–H and O–H groups in total. The number of nitrogens with one attached hydrogen (secondary N) is 1. The van der Waals surface area contributed by atoms with E-state index in [0.717, 1.165) is 11.6 Å². The van der Waals surface area contributed by atoms with Crippen LogP contribution in [0.3, 0.4) is 0 Å². The fourth-order valence-electron chi connectivity index (χ4n) is 2.18. The van der Waals surface area contributed by atoms with E-state index in [-0.39, 0.29) is 5.56 Å². The van der Waals surface area contributed by atoms with Crippen LogP contribution in [0.2, 0.25) is 0 Å². The summed E-state index contributed by atoms with van der Waals surface area (Å²) in [4.78, 5) is 0. The molecular formula is C16H18F3N3O2. The van der Waals surface area contributed by atoms with Gasteiger partial charge in [0.1, 0.15) is 5.75 Å². The SMILES string of the molecule is Cc1c(NC[C@H](C)O)nnc(-c2ccc(C(F)(F)F)cc2O)c1C. The van der Waals surface area contributed by atoms with E-state index in [2.05, 4.69) is 15.5 Å². The molecule has 2 aromatic rings. The number of alkyl halides is 3. The predicted molar refractivity (Wildman–Crippen MR) is 83.8 cm³/mol. The van der Waals surface area contributed by atoms with Gasteiger partial charge in [-0.2, -0.15) is 13.2 Å². The summed E-state index contributed by atoms with van der Waals surface area (Å²) in [6, 6.07) is 2.74. The van der Waals surface area contributed by atoms with Crippen LogP contribution in [-0.2, 0) is 6.18 Å². The van der Waals surface area contributed by atoms with Crippen LogP contribution in [0.5, 0.6) is 5.75 Å². The van der Waals surface area contributed by atoms with Crippen molar-refractivity contribution in [2.75, 3.05) is 11.9 Å². The molecule has 2 rings (SSSR count). The number of benzene rings is 1. The first kappa shape index (κ1) is 18.0. The Bertz CT molecular complexity index is 746. The lowest BCUT2D eigenvalue weighted by molar-refractivity contribution is -0.137. The van der Waals surface area contributed by atoms with E-state index < -0.39 is 23.6 Å². The summed E-state index contributed by atoms with van der Waals surface area (Å²) in [5, 5.41) is 30.2. The third kappa shape index (κ3) is 3.76. The number of aromatic hydroxyl groups is 1. The largest absolute Gasteiger partial charge is 0.507 e. The van der Waals surface area contributed by atoms with Gasteiger partial charge in [0.25, 0.3) is 0 Å². The van der Waals surface area contributed by atoms with E-state index >= 15 is 0 Å². The van der Waals surface area contributed by atoms with Gasteiger partial charge in [0.05, 0.1) is 17.4 Å². The molecule has 130 valence electrons. The lowest BCUT2D eigenvalue weighted by atomic mass is 10.0. The van der Waals surface area contributed by atoms with Crippen LogP contribution < -0.4 is 5.32 Å². The standard InChI is InChI=1S/C16H18F3N3O2/c1-8(23)7-20-15-10(3)9(2)14(21-22-15)12-5-4-11(6-13(12)24)16(17,18)19/h4-6,8,23-24H,7H2,1-3H3,(H,20,22)/t8-/m0/s1. The van der Waals surface area contributed by atoms with Crippen LogP contribution in [-0.4, -0.2) is 33.1 Å². The van der Waals surface area contributed by atoms with E-state index in [1.165, 1.54) is 6.07 Å². The van der Waals surface area contributed by atoms with Gasteiger partial charge in [0.2, 0.25) is 0 Å². The summed E-state index contributed by atoms with van der Waals surface area (Å²) in [5.74, 6) is -0.0325. The number of anilines is 1. The molecule has 0 amide bonds. The molecular weight excluding hydrogens is 323 g/mol. The molecule has 1 aromatic carbocycles. The molecule has 0 fully saturated rings. The Morgan fingerprint density at radius 1 is 1.17 bits per heavy atom. The predicted octanol–water partition coefficient (Wildman–Crippen LogP) is 3.28. The number of rotatable bonds is 4. The lowest BCUT2D eigenvalue weighted by Gasteiger charge is -2.15. The number of aromatic nitrogens is 2. The van der Waals surface area contributed by atoms with Crippen molar-refractivity contribution in [3.63, 3.8) is 0 Å². The normalized spacial score (nSPS) is 13.0. The average Bonchev–Trinajstić information content (AvgIpc) is 2.48. The summed E-state index contributed by atoms with van der Waals surface area (Å²) in [6.45, 7) is 5.43. The minimum Gasteiger partial charge on any atom is -0.507 e. The molecule has 0 spiro atoms. The van der Waals surface area contributed by atoms with Crippen LogP contribution in [0.15, 0.2) is 18.2 Å². The number of halogens is 3. The number of phenols is 1. The summed E-state index contributed by atoms with van der Waals surface area (Å²) in [5.41, 5.74) is 0.967. The molecule has 5 nitrogen and oxygen atoms in total. The zero-order valence-electron chi connectivity index (χ0n) is 13.4. The zero-order valence-corrected chi connectivity index (χ0v) is 13.4. The van der Waals surface area contributed by atoms with E-state index in [9.17, 15) is 23.4 Å². The molecule has 0 radical (unpaired) electrons. The van der Waals surface area contributed by atoms with Crippen molar-refractivity contribution in [2.24, 2.45) is 0 Å². The highest BCUT2D eigenvalue weighted by atomic mass is 19.4. The quantitative estimate of drug-likeness (QED) is 0.795. The number of hydrogen-bond acceptors (Lipinski definition) is 5. The molecule has 0 unspecified atom stereocenters. The second-order valence-corrected chi connectivity index (χ2v) is 5.61. The van der Waals surface area contributed by atoms with Gasteiger partial charge in [-0.1, -0.05) is 0 Å². The van der Waals surface area contributed by atoms with Crippen LogP contribution in [0.4, 0.5) is 19.0 Å². The number of nitrogens with zero attached hydrogens (tertiary/aromatic N) is 2. The van der Waals surface area contributed by atoms with Crippen molar-refractivity contribution in [2.45, 2.75) is 33.1 Å². The minimum atomic E-state index is -4.53. The number of phenolic OH excluding ortho intramolecular Hbond substituents is 1. The average molecular weight is 341 g/mol. The molecule has 0 aliphatic carbocycles. The van der Waals surface area contributed by atoms with E-state index in [1.54, 1.807) is 20.8 Å². The molecule has 0 saturated carbocycles. The van der Waals surface area contributed by atoms with Crippen molar-refractivity contribution in [3.8, 4) is 17.0 Å². The van der Waals surface area contributed by atoms with Gasteiger partial charge >= 0.3 is 6.18 Å². The maximum absolute atomic E-state index is 12.7. The maximum Gasteiger partial charge on any atom is 0.416 e. The molecule has 1 heterocycles. The highest BCUT2D eigenvalue weighted by Gasteiger charge is 2.31. The number of aliphatic hydroxyl groups is 1. The fourth-order valence-corrected chi connectivity index (χ4v) is 2.18. The van der Waals surface area contributed by atoms with Gasteiger partial charge in [0.15, 0.2) is 5.82 Å². The second-order valence-electron chi connectivity index (χ2n) is 5.61. The zero-order chi connectivity index (χ0) is 18.1. The van der Waals surface area contributed by atoms with Crippen molar-refractivity contribution in [1.29, 1.82) is 0 Å². The molecule has 0 saturated heterocycles. The summed E-state index contributed by atoms with van der Waals surface area (Å²) < 4.78 is 38.0. The van der Waals surface area contributed by atoms with Gasteiger partial charge in [0, 0.05) is 12.1 Å². The second kappa shape index (κ2) is 6.64. The Morgan fingerprint density at radius 3 is 2.38 bits per heavy atom. The highest BCUT2D eigenvalue weighted by molar-refractivity contribution is 5.72. The Labute approximate surface area is 137 Å². The molecule has 24 heavy (non-hydrogen) atoms. The van der Waals surface area contributed by atoms with Crippen LogP contribution in [0, 0.1) is 13.8 Å². The molecule has 0 aliphatic rings. The molecule has 8 heteroatoms. The van der Waals surface area contributed by atoms with E-state index in [1.807, 2.05) is 0 Å². The topological polar surface area (TPSA) is 78.3 Å². The Balaban J connectivity index is 2.41. The molecule has 0 aliphatic heterocycles. The van der Waals surface area contributed by atoms with Gasteiger partial charge in [-0.05, 0) is 50.1 Å². The van der Waals surface area contributed by atoms with Crippen LogP contribution >= 0.6 is 0 Å². The minimum absolute atomic E-state index is 0.179. The summed E-state index contributed by atoms with van der Waals surface area (Å²) in [6.07, 6.45) is -5.09. The Morgan fingerprint density at radius 2 is 1.83 bits per heavy atom. The molecule has 1 atom stereocenters. The van der Waals surface area contributed by atoms with Crippen molar-refractivity contribution < 1.29 is 23.4 Å². The van der Waals surface area contributed by atoms with E-state index in [4.69, 9.17) is 0 Å². The van der Waals surface area contributed by atoms with Gasteiger partial charge in [-0.25, -0.2) is 0 Å². The smallest absolute Gasteiger partial charge is 0.416 e. The van der Waals surface area contributed by atoms with Gasteiger partial charge in [-0.3, -0.25) is 0 Å². The third-order valence-corrected chi connectivity index (χ3v) is 3.67. The number of hydrogen-bond donors (Lipinski definition) is 3. The van der Waals surface area contributed by atoms with Crippen LogP contribution in [0.25, 0.3) is 11.3 Å². The molecule has 1 aromatic heterocycles. The van der Waals surface area contributed by atoms with Crippen molar-refractivity contribution in [1.82, 2.24) is 10.2 Å². The monoisotopic (exact) mass is 341 g/mol. The lowest BCUT2D eigenvalue weighted by Crippen LogP contribution is -2.17. The third-order valence-electron chi connectivity index (χ3n) is 3.67. The van der Waals surface area contributed by atoms with Crippen molar-refractivity contribution >= 4 is 5.82 Å². The first-order valence-corrected chi connectivity index (χ1v) is 7.27. The summed E-state index contributed by atoms with van der Waals surface area (Å²) >= 11 is 0. The Kier molecular flexibility index (Phi) is 4.98.